The average Bonchev–Trinajstić information content (AvgIpc) is 2.48. The third kappa shape index (κ3) is 2.55. The molecule has 6 heteroatoms. The molecule has 0 saturated carbocycles. The zero-order valence-corrected chi connectivity index (χ0v) is 13.1. The second-order valence-electron chi connectivity index (χ2n) is 5.20. The van der Waals surface area contributed by atoms with Gasteiger partial charge in [-0.15, -0.1) is 0 Å². The minimum Gasteiger partial charge on any atom is -0.292 e. The number of nitriles is 1. The summed E-state index contributed by atoms with van der Waals surface area (Å²) in [6.07, 6.45) is 0.296. The van der Waals surface area contributed by atoms with Gasteiger partial charge in [0.1, 0.15) is 0 Å². The molecule has 2 aliphatic heterocycles. The predicted molar refractivity (Wildman–Crippen MR) is 83.4 cm³/mol. The fourth-order valence-corrected chi connectivity index (χ4v) is 4.05. The van der Waals surface area contributed by atoms with Crippen LogP contribution in [-0.2, 0) is 4.79 Å². The summed E-state index contributed by atoms with van der Waals surface area (Å²) >= 11 is 7.79. The highest BCUT2D eigenvalue weighted by Crippen LogP contribution is 2.43. The molecule has 0 aliphatic carbocycles. The van der Waals surface area contributed by atoms with Crippen molar-refractivity contribution in [2.24, 2.45) is 0 Å². The van der Waals surface area contributed by atoms with Gasteiger partial charge in [-0.05, 0) is 18.7 Å². The largest absolute Gasteiger partial charge is 0.292 e. The quantitative estimate of drug-likeness (QED) is 0.798. The van der Waals surface area contributed by atoms with Gasteiger partial charge in [0.25, 0.3) is 0 Å². The molecule has 0 aromatic heterocycles. The number of fused-ring (bicyclic) bond motifs is 1. The summed E-state index contributed by atoms with van der Waals surface area (Å²) in [5.74, 6) is 0.589. The van der Waals surface area contributed by atoms with Gasteiger partial charge in [0, 0.05) is 17.4 Å². The fourth-order valence-electron chi connectivity index (χ4n) is 2.70. The number of hydrogen-bond donors (Lipinski definition) is 0. The number of nitrogens with zero attached hydrogens (tertiary/aromatic N) is 3. The van der Waals surface area contributed by atoms with Gasteiger partial charge in [0.15, 0.2) is 0 Å². The normalized spacial score (nSPS) is 23.0. The maximum absolute atomic E-state index is 12.4. The Morgan fingerprint density at radius 3 is 2.90 bits per heavy atom. The van der Waals surface area contributed by atoms with Crippen LogP contribution < -0.4 is 0 Å². The molecule has 21 heavy (non-hydrogen) atoms. The van der Waals surface area contributed by atoms with E-state index in [1.54, 1.807) is 22.7 Å². The van der Waals surface area contributed by atoms with Crippen LogP contribution in [0.3, 0.4) is 0 Å². The number of carbonyl (C=O) groups excluding carboxylic acids is 1. The second-order valence-corrected chi connectivity index (χ2v) is 6.54. The number of hydrogen-bond acceptors (Lipinski definition) is 4. The van der Waals surface area contributed by atoms with Gasteiger partial charge in [0.2, 0.25) is 5.91 Å². The van der Waals surface area contributed by atoms with Crippen molar-refractivity contribution in [3.8, 4) is 6.07 Å². The van der Waals surface area contributed by atoms with Crippen molar-refractivity contribution in [2.45, 2.75) is 12.3 Å². The molecule has 2 heterocycles. The molecule has 0 spiro atoms. The van der Waals surface area contributed by atoms with E-state index >= 15 is 0 Å². The summed E-state index contributed by atoms with van der Waals surface area (Å²) in [6, 6.07) is 9.74. The lowest BCUT2D eigenvalue weighted by Gasteiger charge is -2.40. The third-order valence-electron chi connectivity index (χ3n) is 3.71. The van der Waals surface area contributed by atoms with Crippen LogP contribution in [0.15, 0.2) is 34.9 Å². The smallest absolute Gasteiger partial charge is 0.229 e. The number of carbonyl (C=O) groups is 1. The van der Waals surface area contributed by atoms with Crippen LogP contribution >= 0.6 is 23.4 Å². The zero-order chi connectivity index (χ0) is 15.0. The number of rotatable bonds is 1. The summed E-state index contributed by atoms with van der Waals surface area (Å²) in [5, 5.41) is 11.0. The Morgan fingerprint density at radius 2 is 2.19 bits per heavy atom. The summed E-state index contributed by atoms with van der Waals surface area (Å²) in [5.41, 5.74) is 1.51. The van der Waals surface area contributed by atoms with E-state index in [9.17, 15) is 10.1 Å². The maximum atomic E-state index is 12.4. The third-order valence-corrected chi connectivity index (χ3v) is 5.34. The minimum atomic E-state index is -0.238. The first kappa shape index (κ1) is 14.5. The zero-order valence-electron chi connectivity index (χ0n) is 11.5. The Morgan fingerprint density at radius 1 is 1.43 bits per heavy atom. The number of allylic oxidation sites excluding steroid dienone is 1. The predicted octanol–water partition coefficient (Wildman–Crippen LogP) is 2.98. The van der Waals surface area contributed by atoms with Crippen LogP contribution in [0.4, 0.5) is 0 Å². The van der Waals surface area contributed by atoms with E-state index in [2.05, 4.69) is 11.0 Å². The van der Waals surface area contributed by atoms with E-state index < -0.39 is 0 Å². The molecule has 1 amide bonds. The van der Waals surface area contributed by atoms with Crippen molar-refractivity contribution in [1.29, 1.82) is 5.26 Å². The second kappa shape index (κ2) is 5.72. The molecular formula is C15H14ClN3OS. The van der Waals surface area contributed by atoms with Gasteiger partial charge in [-0.25, -0.2) is 0 Å². The van der Waals surface area contributed by atoms with Crippen LogP contribution in [0.2, 0.25) is 5.02 Å². The van der Waals surface area contributed by atoms with Crippen molar-refractivity contribution >= 4 is 29.3 Å². The van der Waals surface area contributed by atoms with E-state index in [0.717, 1.165) is 16.5 Å². The van der Waals surface area contributed by atoms with Gasteiger partial charge in [0.05, 0.1) is 29.2 Å². The summed E-state index contributed by atoms with van der Waals surface area (Å²) in [4.78, 5) is 16.2. The van der Waals surface area contributed by atoms with Gasteiger partial charge >= 0.3 is 0 Å². The fraction of sp³-hybridized carbons (Fsp3) is 0.333. The summed E-state index contributed by atoms with van der Waals surface area (Å²) < 4.78 is 0. The first-order valence-electron chi connectivity index (χ1n) is 6.62. The lowest BCUT2D eigenvalue weighted by atomic mass is 9.86. The molecule has 4 nitrogen and oxygen atoms in total. The van der Waals surface area contributed by atoms with E-state index in [0.29, 0.717) is 23.7 Å². The summed E-state index contributed by atoms with van der Waals surface area (Å²) in [7, 11) is 1.96. The van der Waals surface area contributed by atoms with E-state index in [1.807, 2.05) is 25.2 Å². The molecule has 1 aromatic carbocycles. The van der Waals surface area contributed by atoms with Gasteiger partial charge in [-0.3, -0.25) is 14.6 Å². The number of amides is 1. The van der Waals surface area contributed by atoms with Crippen molar-refractivity contribution in [3.63, 3.8) is 0 Å². The molecular weight excluding hydrogens is 306 g/mol. The van der Waals surface area contributed by atoms with Crippen molar-refractivity contribution in [1.82, 2.24) is 9.80 Å². The average molecular weight is 320 g/mol. The van der Waals surface area contributed by atoms with Gasteiger partial charge < -0.3 is 0 Å². The van der Waals surface area contributed by atoms with E-state index in [4.69, 9.17) is 11.6 Å². The Hall–Kier alpha value is -1.48. The number of thioether (sulfide) groups is 1. The Bertz CT molecular complexity index is 667. The van der Waals surface area contributed by atoms with E-state index in [-0.39, 0.29) is 11.8 Å². The standard InChI is InChI=1S/C15H14ClN3OS/c1-18-8-19-14(20)6-11(10-4-2-3-5-13(10)16)12(7-17)15(19)21-9-18/h2-5,11H,6,8-9H2,1H3/t11-/m0/s1. The van der Waals surface area contributed by atoms with Crippen LogP contribution in [0, 0.1) is 11.3 Å². The highest BCUT2D eigenvalue weighted by Gasteiger charge is 2.38. The van der Waals surface area contributed by atoms with E-state index in [1.165, 1.54) is 0 Å². The van der Waals surface area contributed by atoms with Crippen LogP contribution in [-0.4, -0.2) is 35.3 Å². The SMILES string of the molecule is CN1CSC2=C(C#N)[C@H](c3ccccc3Cl)CC(=O)N2C1. The Kier molecular flexibility index (Phi) is 3.94. The topological polar surface area (TPSA) is 47.3 Å². The molecule has 108 valence electrons. The van der Waals surface area contributed by atoms with Crippen LogP contribution in [0.25, 0.3) is 0 Å². The van der Waals surface area contributed by atoms with Gasteiger partial charge in [-0.1, -0.05) is 41.6 Å². The molecule has 3 rings (SSSR count). The number of halogens is 1. The number of benzene rings is 1. The molecule has 1 atom stereocenters. The molecule has 1 fully saturated rings. The molecule has 0 radical (unpaired) electrons. The minimum absolute atomic E-state index is 0.0490. The first-order valence-corrected chi connectivity index (χ1v) is 7.98. The molecule has 0 N–H and O–H groups in total. The van der Waals surface area contributed by atoms with Crippen molar-refractivity contribution in [2.75, 3.05) is 19.6 Å². The molecule has 2 aliphatic rings. The monoisotopic (exact) mass is 319 g/mol. The maximum Gasteiger partial charge on any atom is 0.229 e. The highest BCUT2D eigenvalue weighted by molar-refractivity contribution is 8.03. The molecule has 1 saturated heterocycles. The molecule has 0 bridgehead atoms. The lowest BCUT2D eigenvalue weighted by molar-refractivity contribution is -0.131. The van der Waals surface area contributed by atoms with Gasteiger partial charge in [-0.2, -0.15) is 5.26 Å². The van der Waals surface area contributed by atoms with Crippen LogP contribution in [0.5, 0.6) is 0 Å². The molecule has 1 aromatic rings. The van der Waals surface area contributed by atoms with Crippen molar-refractivity contribution in [3.05, 3.63) is 45.5 Å². The lowest BCUT2D eigenvalue weighted by Crippen LogP contribution is -2.45. The summed E-state index contributed by atoms with van der Waals surface area (Å²) in [6.45, 7) is 0.543. The Labute approximate surface area is 133 Å². The van der Waals surface area contributed by atoms with Crippen molar-refractivity contribution < 1.29 is 4.79 Å². The Balaban J connectivity index is 2.08. The molecule has 0 unspecified atom stereocenters. The van der Waals surface area contributed by atoms with Crippen LogP contribution in [0.1, 0.15) is 17.9 Å². The highest BCUT2D eigenvalue weighted by atomic mass is 35.5. The first-order chi connectivity index (χ1) is 10.1.